The van der Waals surface area contributed by atoms with Gasteiger partial charge in [-0.25, -0.2) is 8.42 Å². The van der Waals surface area contributed by atoms with Crippen LogP contribution in [0, 0.1) is 0 Å². The minimum Gasteiger partial charge on any atom is -0.465 e. The van der Waals surface area contributed by atoms with Crippen LogP contribution in [-0.2, 0) is 25.9 Å². The van der Waals surface area contributed by atoms with Crippen molar-refractivity contribution in [1.82, 2.24) is 4.57 Å². The van der Waals surface area contributed by atoms with Crippen LogP contribution in [0.4, 0.5) is 0 Å². The highest BCUT2D eigenvalue weighted by Crippen LogP contribution is 2.23. The van der Waals surface area contributed by atoms with E-state index >= 15 is 0 Å². The van der Waals surface area contributed by atoms with Crippen molar-refractivity contribution in [1.29, 1.82) is 0 Å². The molecule has 0 N–H and O–H groups in total. The SMILES string of the molecule is CCOC(=O)Cn1c(=NC(=O)c2ccc(Oc3ccccc3)cc2)sc2cc(S(C)(=O)=O)ccc21. The summed E-state index contributed by atoms with van der Waals surface area (Å²) in [5.41, 5.74) is 0.913. The Hall–Kier alpha value is -3.76. The van der Waals surface area contributed by atoms with Gasteiger partial charge in [-0.3, -0.25) is 9.59 Å². The van der Waals surface area contributed by atoms with E-state index in [9.17, 15) is 18.0 Å². The monoisotopic (exact) mass is 510 g/mol. The van der Waals surface area contributed by atoms with E-state index in [-0.39, 0.29) is 22.8 Å². The third kappa shape index (κ3) is 5.84. The van der Waals surface area contributed by atoms with Gasteiger partial charge in [-0.15, -0.1) is 0 Å². The number of para-hydroxylation sites is 1. The van der Waals surface area contributed by atoms with Gasteiger partial charge in [0.2, 0.25) is 0 Å². The highest BCUT2D eigenvalue weighted by Gasteiger charge is 2.16. The molecule has 10 heteroatoms. The zero-order chi connectivity index (χ0) is 25.0. The molecular formula is C25H22N2O6S2. The molecule has 0 saturated heterocycles. The Labute approximate surface area is 206 Å². The first-order valence-corrected chi connectivity index (χ1v) is 13.4. The van der Waals surface area contributed by atoms with Gasteiger partial charge in [0.15, 0.2) is 14.6 Å². The predicted octanol–water partition coefficient (Wildman–Crippen LogP) is 4.20. The van der Waals surface area contributed by atoms with Crippen LogP contribution >= 0.6 is 11.3 Å². The first-order valence-electron chi connectivity index (χ1n) is 10.7. The number of hydrogen-bond acceptors (Lipinski definition) is 7. The third-order valence-electron chi connectivity index (χ3n) is 4.95. The smallest absolute Gasteiger partial charge is 0.326 e. The van der Waals surface area contributed by atoms with Crippen LogP contribution in [0.15, 0.2) is 82.7 Å². The number of esters is 1. The van der Waals surface area contributed by atoms with Crippen molar-refractivity contribution in [2.45, 2.75) is 18.4 Å². The van der Waals surface area contributed by atoms with Gasteiger partial charge in [0, 0.05) is 11.8 Å². The number of amides is 1. The molecule has 0 bridgehead atoms. The molecule has 0 saturated carbocycles. The molecule has 0 fully saturated rings. The lowest BCUT2D eigenvalue weighted by Crippen LogP contribution is -2.23. The Kier molecular flexibility index (Phi) is 7.13. The van der Waals surface area contributed by atoms with Crippen LogP contribution in [0.1, 0.15) is 17.3 Å². The van der Waals surface area contributed by atoms with Crippen LogP contribution < -0.4 is 9.54 Å². The fourth-order valence-corrected chi connectivity index (χ4v) is 5.09. The lowest BCUT2D eigenvalue weighted by atomic mass is 10.2. The molecule has 8 nitrogen and oxygen atoms in total. The van der Waals surface area contributed by atoms with Crippen molar-refractivity contribution in [3.05, 3.63) is 83.2 Å². The fourth-order valence-electron chi connectivity index (χ4n) is 3.30. The number of ether oxygens (including phenoxy) is 2. The number of thiazole rings is 1. The lowest BCUT2D eigenvalue weighted by molar-refractivity contribution is -0.143. The molecule has 1 amide bonds. The summed E-state index contributed by atoms with van der Waals surface area (Å²) in [5, 5.41) is 0. The highest BCUT2D eigenvalue weighted by molar-refractivity contribution is 7.90. The highest BCUT2D eigenvalue weighted by atomic mass is 32.2. The summed E-state index contributed by atoms with van der Waals surface area (Å²) in [7, 11) is -3.43. The van der Waals surface area contributed by atoms with E-state index in [1.54, 1.807) is 41.8 Å². The van der Waals surface area contributed by atoms with Crippen LogP contribution in [0.2, 0.25) is 0 Å². The van der Waals surface area contributed by atoms with E-state index in [2.05, 4.69) is 4.99 Å². The second kappa shape index (κ2) is 10.2. The molecule has 0 radical (unpaired) electrons. The molecular weight excluding hydrogens is 488 g/mol. The number of aromatic nitrogens is 1. The Morgan fingerprint density at radius 2 is 1.66 bits per heavy atom. The van der Waals surface area contributed by atoms with Gasteiger partial charge in [0.05, 0.1) is 21.7 Å². The maximum atomic E-state index is 12.9. The summed E-state index contributed by atoms with van der Waals surface area (Å²) in [4.78, 5) is 29.8. The second-order valence-corrected chi connectivity index (χ2v) is 10.6. The van der Waals surface area contributed by atoms with Gasteiger partial charge < -0.3 is 14.0 Å². The molecule has 0 aliphatic rings. The van der Waals surface area contributed by atoms with E-state index in [4.69, 9.17) is 9.47 Å². The van der Waals surface area contributed by atoms with E-state index in [1.165, 1.54) is 12.1 Å². The van der Waals surface area contributed by atoms with Gasteiger partial charge in [-0.2, -0.15) is 4.99 Å². The average molecular weight is 511 g/mol. The minimum atomic E-state index is -3.43. The number of sulfone groups is 1. The molecule has 4 rings (SSSR count). The maximum Gasteiger partial charge on any atom is 0.326 e. The fraction of sp³-hybridized carbons (Fsp3) is 0.160. The van der Waals surface area contributed by atoms with Gasteiger partial charge >= 0.3 is 5.97 Å². The van der Waals surface area contributed by atoms with E-state index in [0.29, 0.717) is 27.3 Å². The Bertz CT molecular complexity index is 1550. The molecule has 0 spiro atoms. The second-order valence-electron chi connectivity index (χ2n) is 7.53. The Balaban J connectivity index is 1.69. The summed E-state index contributed by atoms with van der Waals surface area (Å²) in [6, 6.07) is 20.4. The number of hydrogen-bond donors (Lipinski definition) is 0. The molecule has 180 valence electrons. The quantitative estimate of drug-likeness (QED) is 0.345. The molecule has 0 unspecified atom stereocenters. The maximum absolute atomic E-state index is 12.9. The molecule has 4 aromatic rings. The molecule has 1 heterocycles. The standard InChI is InChI=1S/C25H22N2O6S2/c1-3-32-23(28)16-27-21-14-13-20(35(2,30)31)15-22(21)34-25(27)26-24(29)17-9-11-19(12-10-17)33-18-7-5-4-6-8-18/h4-15H,3,16H2,1-2H3. The van der Waals surface area contributed by atoms with Gasteiger partial charge in [0.1, 0.15) is 18.0 Å². The summed E-state index contributed by atoms with van der Waals surface area (Å²) >= 11 is 1.12. The van der Waals surface area contributed by atoms with Gasteiger partial charge in [-0.1, -0.05) is 29.5 Å². The summed E-state index contributed by atoms with van der Waals surface area (Å²) in [5.74, 6) is 0.245. The number of rotatable bonds is 7. The number of nitrogens with zero attached hydrogens (tertiary/aromatic N) is 2. The Morgan fingerprint density at radius 3 is 2.31 bits per heavy atom. The molecule has 0 atom stereocenters. The number of carbonyl (C=O) groups excluding carboxylic acids is 2. The molecule has 3 aromatic carbocycles. The number of benzene rings is 3. The summed E-state index contributed by atoms with van der Waals surface area (Å²) in [6.45, 7) is 1.75. The summed E-state index contributed by atoms with van der Waals surface area (Å²) in [6.07, 6.45) is 1.12. The average Bonchev–Trinajstić information content (AvgIpc) is 3.15. The minimum absolute atomic E-state index is 0.140. The molecule has 35 heavy (non-hydrogen) atoms. The largest absolute Gasteiger partial charge is 0.465 e. The van der Waals surface area contributed by atoms with Crippen LogP contribution in [-0.4, -0.2) is 37.7 Å². The van der Waals surface area contributed by atoms with Crippen molar-refractivity contribution in [2.24, 2.45) is 4.99 Å². The van der Waals surface area contributed by atoms with E-state index < -0.39 is 21.7 Å². The van der Waals surface area contributed by atoms with Crippen molar-refractivity contribution >= 4 is 43.3 Å². The number of fused-ring (bicyclic) bond motifs is 1. The van der Waals surface area contributed by atoms with E-state index in [0.717, 1.165) is 17.6 Å². The zero-order valence-electron chi connectivity index (χ0n) is 19.0. The third-order valence-corrected chi connectivity index (χ3v) is 7.10. The van der Waals surface area contributed by atoms with Crippen molar-refractivity contribution in [3.8, 4) is 11.5 Å². The normalized spacial score (nSPS) is 12.0. The lowest BCUT2D eigenvalue weighted by Gasteiger charge is -2.06. The molecule has 0 aliphatic heterocycles. The topological polar surface area (TPSA) is 104 Å². The summed E-state index contributed by atoms with van der Waals surface area (Å²) < 4.78 is 36.9. The molecule has 1 aromatic heterocycles. The first-order chi connectivity index (χ1) is 16.7. The molecule has 0 aliphatic carbocycles. The van der Waals surface area contributed by atoms with Crippen LogP contribution in [0.3, 0.4) is 0 Å². The van der Waals surface area contributed by atoms with Crippen LogP contribution in [0.5, 0.6) is 11.5 Å². The number of carbonyl (C=O) groups is 2. The van der Waals surface area contributed by atoms with Crippen molar-refractivity contribution in [2.75, 3.05) is 12.9 Å². The Morgan fingerprint density at radius 1 is 0.971 bits per heavy atom. The van der Waals surface area contributed by atoms with Crippen LogP contribution in [0.25, 0.3) is 10.2 Å². The van der Waals surface area contributed by atoms with Gasteiger partial charge in [-0.05, 0) is 61.5 Å². The van der Waals surface area contributed by atoms with Gasteiger partial charge in [0.25, 0.3) is 5.91 Å². The zero-order valence-corrected chi connectivity index (χ0v) is 20.6. The first kappa shape index (κ1) is 24.4. The van der Waals surface area contributed by atoms with Crippen molar-refractivity contribution < 1.29 is 27.5 Å². The predicted molar refractivity (Wildman–Crippen MR) is 132 cm³/mol. The van der Waals surface area contributed by atoms with Crippen molar-refractivity contribution in [3.63, 3.8) is 0 Å². The van der Waals surface area contributed by atoms with E-state index in [1.807, 2.05) is 30.3 Å².